The number of ether oxygens (including phenoxy) is 2. The van der Waals surface area contributed by atoms with E-state index in [1.807, 2.05) is 30.9 Å². The first-order valence-electron chi connectivity index (χ1n) is 10.7. The molecule has 0 bridgehead atoms. The van der Waals surface area contributed by atoms with Gasteiger partial charge in [-0.3, -0.25) is 4.79 Å². The van der Waals surface area contributed by atoms with E-state index in [2.05, 4.69) is 14.8 Å². The Bertz CT molecular complexity index is 877. The Hall–Kier alpha value is -2.57. The van der Waals surface area contributed by atoms with Crippen LogP contribution in [0.1, 0.15) is 74.0 Å². The molecule has 1 atom stereocenters. The van der Waals surface area contributed by atoms with Crippen LogP contribution in [0.4, 0.5) is 0 Å². The molecule has 2 aliphatic rings. The van der Waals surface area contributed by atoms with Crippen LogP contribution in [0, 0.1) is 0 Å². The third-order valence-corrected chi connectivity index (χ3v) is 5.72. The lowest BCUT2D eigenvalue weighted by atomic mass is 10.1. The van der Waals surface area contributed by atoms with Crippen LogP contribution in [0.5, 0.6) is 11.5 Å². The molecule has 29 heavy (non-hydrogen) atoms. The van der Waals surface area contributed by atoms with Gasteiger partial charge in [-0.25, -0.2) is 0 Å². The number of rotatable bonds is 5. The number of hydrogen-bond donors (Lipinski definition) is 0. The molecule has 2 aromatic rings. The van der Waals surface area contributed by atoms with E-state index in [1.165, 1.54) is 6.42 Å². The molecule has 1 fully saturated rings. The van der Waals surface area contributed by atoms with Gasteiger partial charge in [-0.15, -0.1) is 10.2 Å². The van der Waals surface area contributed by atoms with Crippen molar-refractivity contribution in [2.75, 3.05) is 13.7 Å². The minimum absolute atomic E-state index is 0.00729. The number of likely N-dealkylation sites (tertiary alicyclic amines) is 1. The first-order valence-corrected chi connectivity index (χ1v) is 10.7. The molecule has 1 amide bonds. The average Bonchev–Trinajstić information content (AvgIpc) is 3.28. The van der Waals surface area contributed by atoms with Gasteiger partial charge in [0, 0.05) is 25.1 Å². The summed E-state index contributed by atoms with van der Waals surface area (Å²) in [6.45, 7) is 5.62. The second-order valence-corrected chi connectivity index (χ2v) is 8.13. The minimum Gasteiger partial charge on any atom is -0.493 e. The van der Waals surface area contributed by atoms with Crippen molar-refractivity contribution < 1.29 is 14.3 Å². The highest BCUT2D eigenvalue weighted by atomic mass is 16.5. The summed E-state index contributed by atoms with van der Waals surface area (Å²) < 4.78 is 13.5. The monoisotopic (exact) mass is 398 g/mol. The summed E-state index contributed by atoms with van der Waals surface area (Å²) in [6.07, 6.45) is 6.45. The van der Waals surface area contributed by atoms with Crippen LogP contribution in [0.2, 0.25) is 0 Å². The van der Waals surface area contributed by atoms with Gasteiger partial charge in [-0.05, 0) is 57.7 Å². The summed E-state index contributed by atoms with van der Waals surface area (Å²) in [6, 6.07) is 5.40. The molecule has 0 unspecified atom stereocenters. The zero-order valence-electron chi connectivity index (χ0n) is 17.6. The van der Waals surface area contributed by atoms with Gasteiger partial charge in [-0.1, -0.05) is 6.42 Å². The number of aryl methyl sites for hydroxylation is 1. The third kappa shape index (κ3) is 3.95. The van der Waals surface area contributed by atoms with Gasteiger partial charge in [0.05, 0.1) is 19.3 Å². The number of amides is 1. The van der Waals surface area contributed by atoms with Gasteiger partial charge in [0.2, 0.25) is 0 Å². The molecular formula is C22H30N4O3. The molecule has 7 heteroatoms. The highest BCUT2D eigenvalue weighted by Gasteiger charge is 2.35. The quantitative estimate of drug-likeness (QED) is 0.767. The highest BCUT2D eigenvalue weighted by molar-refractivity contribution is 5.95. The number of nitrogens with zero attached hydrogens (tertiary/aromatic N) is 4. The number of carbonyl (C=O) groups excluding carboxylic acids is 1. The van der Waals surface area contributed by atoms with Crippen LogP contribution in [0.15, 0.2) is 18.2 Å². The fourth-order valence-electron chi connectivity index (χ4n) is 4.35. The zero-order chi connectivity index (χ0) is 20.4. The maximum absolute atomic E-state index is 13.4. The Morgan fingerprint density at radius 2 is 1.97 bits per heavy atom. The fourth-order valence-corrected chi connectivity index (χ4v) is 4.35. The maximum atomic E-state index is 13.4. The molecule has 0 spiro atoms. The van der Waals surface area contributed by atoms with Gasteiger partial charge in [0.1, 0.15) is 5.82 Å². The largest absolute Gasteiger partial charge is 0.493 e. The Morgan fingerprint density at radius 1 is 1.10 bits per heavy atom. The normalized spacial score (nSPS) is 19.2. The van der Waals surface area contributed by atoms with Crippen LogP contribution in [0.25, 0.3) is 0 Å². The van der Waals surface area contributed by atoms with E-state index < -0.39 is 0 Å². The van der Waals surface area contributed by atoms with Crippen molar-refractivity contribution in [2.24, 2.45) is 0 Å². The highest BCUT2D eigenvalue weighted by Crippen LogP contribution is 2.35. The number of hydrogen-bond acceptors (Lipinski definition) is 5. The molecule has 0 saturated carbocycles. The molecule has 4 rings (SSSR count). The van der Waals surface area contributed by atoms with Gasteiger partial charge in [0.15, 0.2) is 17.3 Å². The standard InChI is InChI=1S/C22H30N4O3/c1-15(2)29-18-11-10-16(14-19(18)28-3)22(27)25-13-7-8-17(25)21-24-23-20-9-5-4-6-12-26(20)21/h10-11,14-15,17H,4-9,12-13H2,1-3H3/t17-/m1/s1. The van der Waals surface area contributed by atoms with Gasteiger partial charge >= 0.3 is 0 Å². The van der Waals surface area contributed by atoms with Crippen LogP contribution in [-0.4, -0.2) is 45.3 Å². The molecule has 0 aliphatic carbocycles. The molecule has 3 heterocycles. The molecule has 0 radical (unpaired) electrons. The second-order valence-electron chi connectivity index (χ2n) is 8.13. The Kier molecular flexibility index (Phi) is 5.74. The number of methoxy groups -OCH3 is 1. The Balaban J connectivity index is 1.59. The predicted molar refractivity (Wildman–Crippen MR) is 109 cm³/mol. The van der Waals surface area contributed by atoms with E-state index in [9.17, 15) is 4.79 Å². The minimum atomic E-state index is -0.0144. The first kappa shape index (κ1) is 19.7. The van der Waals surface area contributed by atoms with Crippen LogP contribution >= 0.6 is 0 Å². The summed E-state index contributed by atoms with van der Waals surface area (Å²) in [5.41, 5.74) is 0.612. The van der Waals surface area contributed by atoms with Crippen molar-refractivity contribution in [3.05, 3.63) is 35.4 Å². The molecule has 1 aromatic carbocycles. The van der Waals surface area contributed by atoms with Gasteiger partial charge in [0.25, 0.3) is 5.91 Å². The van der Waals surface area contributed by atoms with Gasteiger partial charge in [-0.2, -0.15) is 0 Å². The van der Waals surface area contributed by atoms with Crippen LogP contribution < -0.4 is 9.47 Å². The van der Waals surface area contributed by atoms with Crippen LogP contribution in [0.3, 0.4) is 0 Å². The number of benzene rings is 1. The van der Waals surface area contributed by atoms with Crippen molar-refractivity contribution in [1.29, 1.82) is 0 Å². The van der Waals surface area contributed by atoms with E-state index in [4.69, 9.17) is 9.47 Å². The van der Waals surface area contributed by atoms with Crippen molar-refractivity contribution in [2.45, 2.75) is 71.1 Å². The van der Waals surface area contributed by atoms with Crippen LogP contribution in [-0.2, 0) is 13.0 Å². The third-order valence-electron chi connectivity index (χ3n) is 5.72. The van der Waals surface area contributed by atoms with Gasteiger partial charge < -0.3 is 18.9 Å². The summed E-state index contributed by atoms with van der Waals surface area (Å²) >= 11 is 0. The van der Waals surface area contributed by atoms with E-state index in [-0.39, 0.29) is 18.1 Å². The Morgan fingerprint density at radius 3 is 2.76 bits per heavy atom. The zero-order valence-corrected chi connectivity index (χ0v) is 17.6. The SMILES string of the molecule is COc1cc(C(=O)N2CCC[C@@H]2c2nnc3n2CCCCC3)ccc1OC(C)C. The van der Waals surface area contributed by atoms with Crippen molar-refractivity contribution in [3.63, 3.8) is 0 Å². The lowest BCUT2D eigenvalue weighted by molar-refractivity contribution is 0.0726. The van der Waals surface area contributed by atoms with Crippen molar-refractivity contribution in [1.82, 2.24) is 19.7 Å². The summed E-state index contributed by atoms with van der Waals surface area (Å²) in [5, 5.41) is 8.94. The predicted octanol–water partition coefficient (Wildman–Crippen LogP) is 3.78. The van der Waals surface area contributed by atoms with Crippen molar-refractivity contribution >= 4 is 5.91 Å². The van der Waals surface area contributed by atoms with Crippen molar-refractivity contribution in [3.8, 4) is 11.5 Å². The molecular weight excluding hydrogens is 368 g/mol. The maximum Gasteiger partial charge on any atom is 0.254 e. The summed E-state index contributed by atoms with van der Waals surface area (Å²) in [7, 11) is 1.60. The topological polar surface area (TPSA) is 69.5 Å². The molecule has 2 aliphatic heterocycles. The molecule has 1 saturated heterocycles. The summed E-state index contributed by atoms with van der Waals surface area (Å²) in [4.78, 5) is 15.3. The summed E-state index contributed by atoms with van der Waals surface area (Å²) in [5.74, 6) is 3.25. The molecule has 1 aromatic heterocycles. The fraction of sp³-hybridized carbons (Fsp3) is 0.591. The first-order chi connectivity index (χ1) is 14.1. The smallest absolute Gasteiger partial charge is 0.254 e. The molecule has 0 N–H and O–H groups in total. The number of carbonyl (C=O) groups is 1. The lowest BCUT2D eigenvalue weighted by Gasteiger charge is -2.25. The number of fused-ring (bicyclic) bond motifs is 1. The molecule has 156 valence electrons. The van der Waals surface area contributed by atoms with E-state index in [1.54, 1.807) is 13.2 Å². The molecule has 7 nitrogen and oxygen atoms in total. The lowest BCUT2D eigenvalue weighted by Crippen LogP contribution is -2.32. The Labute approximate surface area is 172 Å². The van der Waals surface area contributed by atoms with E-state index in [0.717, 1.165) is 56.8 Å². The van der Waals surface area contributed by atoms with E-state index in [0.29, 0.717) is 17.1 Å². The number of aromatic nitrogens is 3. The second kappa shape index (κ2) is 8.43. The van der Waals surface area contributed by atoms with E-state index >= 15 is 0 Å². The average molecular weight is 399 g/mol.